The summed E-state index contributed by atoms with van der Waals surface area (Å²) in [4.78, 5) is 30.0. The minimum atomic E-state index is -0.814. The van der Waals surface area contributed by atoms with Crippen molar-refractivity contribution >= 4 is 28.3 Å². The van der Waals surface area contributed by atoms with Crippen LogP contribution in [0.4, 0.5) is 5.13 Å². The number of hydrogen-bond donors (Lipinski definition) is 2. The Hall–Kier alpha value is -1.43. The number of carbonyl (C=O) groups is 2. The van der Waals surface area contributed by atoms with Crippen LogP contribution >= 0.6 is 11.3 Å². The molecule has 1 amide bonds. The number of carbonyl (C=O) groups excluding carboxylic acids is 1. The molecule has 1 aromatic heterocycles. The minimum absolute atomic E-state index is 0.134. The summed E-state index contributed by atoms with van der Waals surface area (Å²) in [5.41, 5.74) is 1.12. The molecular formula is C16H20N2O3S. The number of anilines is 1. The lowest BCUT2D eigenvalue weighted by Crippen LogP contribution is -2.37. The van der Waals surface area contributed by atoms with Gasteiger partial charge in [-0.1, -0.05) is 0 Å². The topological polar surface area (TPSA) is 79.3 Å². The van der Waals surface area contributed by atoms with Crippen LogP contribution in [0.25, 0.3) is 0 Å². The van der Waals surface area contributed by atoms with Crippen LogP contribution in [-0.2, 0) is 22.4 Å². The van der Waals surface area contributed by atoms with Crippen LogP contribution in [0.1, 0.15) is 42.7 Å². The molecule has 0 saturated heterocycles. The average molecular weight is 320 g/mol. The maximum absolute atomic E-state index is 12.6. The molecule has 22 heavy (non-hydrogen) atoms. The molecular weight excluding hydrogens is 300 g/mol. The van der Waals surface area contributed by atoms with Gasteiger partial charge in [0.25, 0.3) is 0 Å². The van der Waals surface area contributed by atoms with Gasteiger partial charge in [0.05, 0.1) is 17.5 Å². The molecule has 3 aliphatic rings. The molecule has 118 valence electrons. The monoisotopic (exact) mass is 320 g/mol. The number of aliphatic carboxylic acids is 1. The maximum atomic E-state index is 12.6. The van der Waals surface area contributed by atoms with Gasteiger partial charge in [-0.05, 0) is 56.8 Å². The first kappa shape index (κ1) is 14.2. The van der Waals surface area contributed by atoms with E-state index in [-0.39, 0.29) is 23.7 Å². The molecule has 4 atom stereocenters. The highest BCUT2D eigenvalue weighted by Gasteiger charge is 2.54. The van der Waals surface area contributed by atoms with E-state index < -0.39 is 11.9 Å². The Bertz CT molecular complexity index is 603. The first-order valence-corrected chi connectivity index (χ1v) is 8.97. The van der Waals surface area contributed by atoms with Crippen molar-refractivity contribution < 1.29 is 14.7 Å². The first-order valence-electron chi connectivity index (χ1n) is 8.15. The molecule has 1 aromatic rings. The number of carboxylic acids is 1. The van der Waals surface area contributed by atoms with Gasteiger partial charge in [0.15, 0.2) is 5.13 Å². The summed E-state index contributed by atoms with van der Waals surface area (Å²) >= 11 is 1.56. The molecule has 2 bridgehead atoms. The third-order valence-corrected chi connectivity index (χ3v) is 6.65. The highest BCUT2D eigenvalue weighted by Crippen LogP contribution is 2.52. The molecule has 0 spiro atoms. The Morgan fingerprint density at radius 1 is 1.14 bits per heavy atom. The fourth-order valence-corrected chi connectivity index (χ4v) is 5.67. The second kappa shape index (κ2) is 5.33. The van der Waals surface area contributed by atoms with E-state index in [1.54, 1.807) is 11.3 Å². The van der Waals surface area contributed by atoms with Crippen LogP contribution in [-0.4, -0.2) is 22.0 Å². The van der Waals surface area contributed by atoms with E-state index in [9.17, 15) is 14.7 Å². The van der Waals surface area contributed by atoms with E-state index in [2.05, 4.69) is 10.3 Å². The third kappa shape index (κ3) is 2.24. The fraction of sp³-hybridized carbons (Fsp3) is 0.688. The van der Waals surface area contributed by atoms with Gasteiger partial charge in [-0.25, -0.2) is 4.98 Å². The number of amides is 1. The van der Waals surface area contributed by atoms with Crippen molar-refractivity contribution in [3.05, 3.63) is 10.6 Å². The highest BCUT2D eigenvalue weighted by molar-refractivity contribution is 7.15. The van der Waals surface area contributed by atoms with Crippen molar-refractivity contribution in [1.29, 1.82) is 0 Å². The normalized spacial score (nSPS) is 32.7. The molecule has 4 rings (SSSR count). The molecule has 0 radical (unpaired) electrons. The van der Waals surface area contributed by atoms with Gasteiger partial charge in [0.1, 0.15) is 0 Å². The van der Waals surface area contributed by atoms with Gasteiger partial charge in [0.2, 0.25) is 5.91 Å². The fourth-order valence-electron chi connectivity index (χ4n) is 4.62. The minimum Gasteiger partial charge on any atom is -0.481 e. The van der Waals surface area contributed by atoms with E-state index in [1.807, 2.05) is 0 Å². The Morgan fingerprint density at radius 3 is 2.59 bits per heavy atom. The number of nitrogens with zero attached hydrogens (tertiary/aromatic N) is 1. The summed E-state index contributed by atoms with van der Waals surface area (Å²) in [6.45, 7) is 0. The number of nitrogens with one attached hydrogen (secondary N) is 1. The summed E-state index contributed by atoms with van der Waals surface area (Å²) in [5, 5.41) is 13.0. The van der Waals surface area contributed by atoms with E-state index in [0.717, 1.165) is 44.2 Å². The zero-order chi connectivity index (χ0) is 15.3. The van der Waals surface area contributed by atoms with Crippen LogP contribution < -0.4 is 5.32 Å². The summed E-state index contributed by atoms with van der Waals surface area (Å²) < 4.78 is 0. The molecule has 2 saturated carbocycles. The number of thiazole rings is 1. The molecule has 2 fully saturated rings. The van der Waals surface area contributed by atoms with Crippen LogP contribution in [0, 0.1) is 23.7 Å². The molecule has 0 aromatic carbocycles. The second-order valence-corrected chi connectivity index (χ2v) is 7.89. The first-order chi connectivity index (χ1) is 10.6. The smallest absolute Gasteiger partial charge is 0.307 e. The van der Waals surface area contributed by atoms with Gasteiger partial charge in [0, 0.05) is 4.88 Å². The maximum Gasteiger partial charge on any atom is 0.307 e. The Balaban J connectivity index is 1.52. The average Bonchev–Trinajstić information content (AvgIpc) is 3.19. The molecule has 2 N–H and O–H groups in total. The predicted molar refractivity (Wildman–Crippen MR) is 82.8 cm³/mol. The van der Waals surface area contributed by atoms with E-state index >= 15 is 0 Å². The van der Waals surface area contributed by atoms with Crippen LogP contribution in [0.5, 0.6) is 0 Å². The van der Waals surface area contributed by atoms with Gasteiger partial charge >= 0.3 is 5.97 Å². The van der Waals surface area contributed by atoms with Crippen molar-refractivity contribution in [3.63, 3.8) is 0 Å². The van der Waals surface area contributed by atoms with Gasteiger partial charge in [-0.2, -0.15) is 0 Å². The number of rotatable bonds is 3. The van der Waals surface area contributed by atoms with Crippen molar-refractivity contribution in [2.75, 3.05) is 5.32 Å². The van der Waals surface area contributed by atoms with Gasteiger partial charge < -0.3 is 10.4 Å². The van der Waals surface area contributed by atoms with Crippen molar-refractivity contribution in [1.82, 2.24) is 4.98 Å². The van der Waals surface area contributed by atoms with Crippen molar-refractivity contribution in [2.45, 2.75) is 44.9 Å². The standard InChI is InChI=1S/C16H20N2O3S/c19-14(12-8-5-6-9(7-8)13(12)15(20)21)18-16-17-10-3-1-2-4-11(10)22-16/h8-9,12-13H,1-7H2,(H,20,21)(H,17,18,19)/t8-,9+,12-,13+/m1/s1. The van der Waals surface area contributed by atoms with Crippen LogP contribution in [0.3, 0.4) is 0 Å². The Labute approximate surface area is 133 Å². The number of fused-ring (bicyclic) bond motifs is 3. The SMILES string of the molecule is O=C(Nc1nc2c(s1)CCCC2)[C@@H]1[C@@H]2CC[C@@H](C2)[C@@H]1C(=O)O. The lowest BCUT2D eigenvalue weighted by atomic mass is 9.79. The van der Waals surface area contributed by atoms with E-state index in [1.165, 1.54) is 11.3 Å². The van der Waals surface area contributed by atoms with Gasteiger partial charge in [-0.3, -0.25) is 9.59 Å². The number of aromatic nitrogens is 1. The number of carboxylic acid groups (broad SMARTS) is 1. The zero-order valence-electron chi connectivity index (χ0n) is 12.4. The highest BCUT2D eigenvalue weighted by atomic mass is 32.1. The third-order valence-electron chi connectivity index (χ3n) is 5.58. The number of hydrogen-bond acceptors (Lipinski definition) is 4. The second-order valence-electron chi connectivity index (χ2n) is 6.81. The lowest BCUT2D eigenvalue weighted by molar-refractivity contribution is -0.148. The summed E-state index contributed by atoms with van der Waals surface area (Å²) in [6, 6.07) is 0. The van der Waals surface area contributed by atoms with Crippen LogP contribution in [0.15, 0.2) is 0 Å². The quantitative estimate of drug-likeness (QED) is 0.897. The molecule has 1 heterocycles. The Morgan fingerprint density at radius 2 is 1.86 bits per heavy atom. The lowest BCUT2D eigenvalue weighted by Gasteiger charge is -2.26. The number of aryl methyl sites for hydroxylation is 2. The molecule has 0 aliphatic heterocycles. The van der Waals surface area contributed by atoms with E-state index in [4.69, 9.17) is 0 Å². The van der Waals surface area contributed by atoms with Crippen LogP contribution in [0.2, 0.25) is 0 Å². The molecule has 0 unspecified atom stereocenters. The van der Waals surface area contributed by atoms with Crippen molar-refractivity contribution in [2.24, 2.45) is 23.7 Å². The summed E-state index contributed by atoms with van der Waals surface area (Å²) in [6.07, 6.45) is 7.23. The zero-order valence-corrected chi connectivity index (χ0v) is 13.2. The van der Waals surface area contributed by atoms with E-state index in [0.29, 0.717) is 5.13 Å². The molecule has 3 aliphatic carbocycles. The predicted octanol–water partition coefficient (Wildman–Crippen LogP) is 2.71. The van der Waals surface area contributed by atoms with Crippen molar-refractivity contribution in [3.8, 4) is 0 Å². The van der Waals surface area contributed by atoms with Gasteiger partial charge in [-0.15, -0.1) is 11.3 Å². The Kier molecular flexibility index (Phi) is 3.44. The largest absolute Gasteiger partial charge is 0.481 e. The molecule has 5 nitrogen and oxygen atoms in total. The molecule has 6 heteroatoms. The summed E-state index contributed by atoms with van der Waals surface area (Å²) in [5.74, 6) is -1.41. The summed E-state index contributed by atoms with van der Waals surface area (Å²) in [7, 11) is 0.